The molecule has 0 bridgehead atoms. The van der Waals surface area contributed by atoms with Crippen molar-refractivity contribution in [1.82, 2.24) is 29.2 Å². The number of alkyl halides is 3. The van der Waals surface area contributed by atoms with Gasteiger partial charge >= 0.3 is 17.9 Å². The fourth-order valence-electron chi connectivity index (χ4n) is 5.69. The van der Waals surface area contributed by atoms with Gasteiger partial charge in [-0.2, -0.15) is 23.5 Å². The first kappa shape index (κ1) is 38.0. The zero-order valence-electron chi connectivity index (χ0n) is 30.2. The maximum absolute atomic E-state index is 14.2. The summed E-state index contributed by atoms with van der Waals surface area (Å²) in [7, 11) is 5.99. The number of hydrogen-bond acceptors (Lipinski definition) is 6. The number of hydrogen-bond donors (Lipinski definition) is 1. The zero-order chi connectivity index (χ0) is 38.5. The van der Waals surface area contributed by atoms with Gasteiger partial charge in [0.1, 0.15) is 18.3 Å². The van der Waals surface area contributed by atoms with Crippen molar-refractivity contribution < 1.29 is 26.9 Å². The van der Waals surface area contributed by atoms with E-state index in [4.69, 9.17) is 4.42 Å². The molecular weight excluding hydrogens is 685 g/mol. The van der Waals surface area contributed by atoms with Crippen molar-refractivity contribution >= 4 is 6.03 Å². The fraction of sp³-hybridized carbons (Fsp3) is 0.256. The molecule has 1 atom stereocenters. The second kappa shape index (κ2) is 15.6. The maximum Gasteiger partial charge on any atom is 0.416 e. The predicted octanol–water partition coefficient (Wildman–Crippen LogP) is 7.53. The molecule has 6 rings (SSSR count). The highest BCUT2D eigenvalue weighted by Crippen LogP contribution is 2.32. The number of nitrogens with one attached hydrogen (secondary N) is 1. The van der Waals surface area contributed by atoms with E-state index in [0.29, 0.717) is 33.7 Å². The highest BCUT2D eigenvalue weighted by molar-refractivity contribution is 5.83. The predicted molar refractivity (Wildman–Crippen MR) is 193 cm³/mol. The molecule has 0 aliphatic carbocycles. The summed E-state index contributed by atoms with van der Waals surface area (Å²) in [6, 6.07) is 24.9. The van der Waals surface area contributed by atoms with Gasteiger partial charge in [0, 0.05) is 0 Å². The number of oxazole rings is 1. The van der Waals surface area contributed by atoms with Crippen molar-refractivity contribution in [2.24, 2.45) is 5.92 Å². The first-order valence-electron chi connectivity index (χ1n) is 16.7. The second-order valence-corrected chi connectivity index (χ2v) is 13.7. The molecule has 0 saturated carbocycles. The molecule has 3 heterocycles. The number of aromatic nitrogens is 5. The molecule has 0 radical (unpaired) electrons. The van der Waals surface area contributed by atoms with Crippen LogP contribution in [0.25, 0.3) is 22.8 Å². The molecule has 53 heavy (non-hydrogen) atoms. The molecule has 3 aromatic heterocycles. The second-order valence-electron chi connectivity index (χ2n) is 13.7. The van der Waals surface area contributed by atoms with Gasteiger partial charge in [0.05, 0.1) is 73.5 Å². The number of nitrogens with zero attached hydrogens (tertiary/aromatic N) is 7. The minimum Gasteiger partial charge on any atom is -0.437 e. The van der Waals surface area contributed by atoms with Crippen LogP contribution < -0.4 is 11.0 Å². The number of imidazole rings is 1. The number of carbonyl (C=O) groups is 1. The first-order valence-corrected chi connectivity index (χ1v) is 16.7. The number of rotatable bonds is 8. The summed E-state index contributed by atoms with van der Waals surface area (Å²) < 4.78 is 51.1. The van der Waals surface area contributed by atoms with Gasteiger partial charge in [-0.3, -0.25) is 4.57 Å². The van der Waals surface area contributed by atoms with Crippen LogP contribution in [0.15, 0.2) is 113 Å². The van der Waals surface area contributed by atoms with E-state index in [0.717, 1.165) is 21.3 Å². The monoisotopic (exact) mass is 725 g/mol. The Bertz CT molecular complexity index is 2240. The highest BCUT2D eigenvalue weighted by atomic mass is 19.4. The van der Waals surface area contributed by atoms with Crippen molar-refractivity contribution in [3.63, 3.8) is 0 Å². The molecule has 274 valence electrons. The molecule has 1 amide bonds. The summed E-state index contributed by atoms with van der Waals surface area (Å²) in [6.45, 7) is 5.81. The van der Waals surface area contributed by atoms with Crippen LogP contribution in [-0.4, -0.2) is 55.6 Å². The van der Waals surface area contributed by atoms with E-state index in [-0.39, 0.29) is 28.9 Å². The van der Waals surface area contributed by atoms with Crippen molar-refractivity contribution in [1.29, 1.82) is 5.26 Å². The van der Waals surface area contributed by atoms with Gasteiger partial charge in [-0.1, -0.05) is 56.3 Å². The molecule has 0 fully saturated rings. The van der Waals surface area contributed by atoms with Gasteiger partial charge in [-0.05, 0) is 61.4 Å². The summed E-state index contributed by atoms with van der Waals surface area (Å²) >= 11 is 0. The highest BCUT2D eigenvalue weighted by Gasteiger charge is 2.33. The number of nitriles is 1. The lowest BCUT2D eigenvalue weighted by Gasteiger charge is -2.22. The lowest BCUT2D eigenvalue weighted by Crippen LogP contribution is -2.40. The van der Waals surface area contributed by atoms with Crippen LogP contribution in [0.4, 0.5) is 18.0 Å². The third-order valence-corrected chi connectivity index (χ3v) is 8.13. The van der Waals surface area contributed by atoms with Crippen LogP contribution in [0.5, 0.6) is 0 Å². The van der Waals surface area contributed by atoms with Gasteiger partial charge in [0.15, 0.2) is 5.76 Å². The molecule has 0 aliphatic rings. The van der Waals surface area contributed by atoms with Crippen molar-refractivity contribution in [3.05, 3.63) is 142 Å². The molecule has 14 heteroatoms. The lowest BCUT2D eigenvalue weighted by atomic mass is 10.0. The number of carbonyl (C=O) groups excluding carboxylic acids is 1. The zero-order valence-corrected chi connectivity index (χ0v) is 30.2. The van der Waals surface area contributed by atoms with Crippen LogP contribution in [0.1, 0.15) is 48.4 Å². The van der Waals surface area contributed by atoms with Crippen LogP contribution >= 0.6 is 0 Å². The quantitative estimate of drug-likeness (QED) is 0.162. The topological polar surface area (TPSA) is 124 Å². The van der Waals surface area contributed by atoms with E-state index >= 15 is 0 Å². The number of halogens is 3. The lowest BCUT2D eigenvalue weighted by molar-refractivity contribution is -0.884. The Morgan fingerprint density at radius 3 is 2.17 bits per heavy atom. The third-order valence-electron chi connectivity index (χ3n) is 8.13. The molecule has 0 aliphatic heterocycles. The summed E-state index contributed by atoms with van der Waals surface area (Å²) in [5, 5.41) is 16.5. The maximum atomic E-state index is 14.2. The third kappa shape index (κ3) is 8.82. The van der Waals surface area contributed by atoms with Gasteiger partial charge in [-0.25, -0.2) is 23.8 Å². The van der Waals surface area contributed by atoms with Gasteiger partial charge in [0.2, 0.25) is 5.89 Å². The largest absolute Gasteiger partial charge is 0.437 e. The molecule has 6 aromatic rings. The van der Waals surface area contributed by atoms with E-state index in [2.05, 4.69) is 21.5 Å². The average Bonchev–Trinajstić information content (AvgIpc) is 3.84. The standard InChI is InChI=1S/C33H33F3N8O3.C6H6/c1-20(2)28(30-38-18-26(47-30)19-44(4,5)6)40-31(45)42-29(27-14-15-39-43(27)24-12-10-22(17-37)11-13-24)21(3)41(32(42)46)25-9-7-8-23(16-25)33(34,35)36;1-2-4-6-5-3-1/h7-16,18,20,28H,19H2,1-6H3;1-6H/p+1/t28-;/m0./s1. The molecule has 11 nitrogen and oxygen atoms in total. The van der Waals surface area contributed by atoms with Crippen LogP contribution in [0.3, 0.4) is 0 Å². The average molecular weight is 726 g/mol. The summed E-state index contributed by atoms with van der Waals surface area (Å²) in [5.74, 6) is 0.649. The van der Waals surface area contributed by atoms with Crippen LogP contribution in [0, 0.1) is 24.2 Å². The van der Waals surface area contributed by atoms with E-state index < -0.39 is 29.5 Å². The minimum absolute atomic E-state index is 0.0716. The van der Waals surface area contributed by atoms with Gasteiger partial charge in [-0.15, -0.1) is 0 Å². The van der Waals surface area contributed by atoms with Crippen molar-refractivity contribution in [3.8, 4) is 28.8 Å². The summed E-state index contributed by atoms with van der Waals surface area (Å²) in [5.41, 5.74) is -0.348. The Kier molecular flexibility index (Phi) is 11.2. The fourth-order valence-corrected chi connectivity index (χ4v) is 5.69. The van der Waals surface area contributed by atoms with Crippen molar-refractivity contribution in [2.75, 3.05) is 21.1 Å². The van der Waals surface area contributed by atoms with E-state index in [9.17, 15) is 28.0 Å². The smallest absolute Gasteiger partial charge is 0.416 e. The van der Waals surface area contributed by atoms with E-state index in [1.54, 1.807) is 43.5 Å². The Morgan fingerprint density at radius 1 is 0.962 bits per heavy atom. The number of quaternary nitrogens is 1. The molecule has 0 saturated heterocycles. The Labute approximate surface area is 304 Å². The van der Waals surface area contributed by atoms with Gasteiger partial charge in [0.25, 0.3) is 0 Å². The van der Waals surface area contributed by atoms with Crippen LogP contribution in [-0.2, 0) is 12.7 Å². The normalized spacial score (nSPS) is 12.2. The van der Waals surface area contributed by atoms with Gasteiger partial charge < -0.3 is 14.2 Å². The molecular formula is C39H40F3N8O3+. The van der Waals surface area contributed by atoms with Crippen molar-refractivity contribution in [2.45, 2.75) is 39.5 Å². The van der Waals surface area contributed by atoms with E-state index in [1.807, 2.05) is 71.4 Å². The summed E-state index contributed by atoms with van der Waals surface area (Å²) in [6.07, 6.45) is -1.58. The molecule has 1 N–H and O–H groups in total. The SMILES string of the molecule is Cc1c(-c2ccnn2-c2ccc(C#N)cc2)n(C(=O)N[C@H](c2ncc(C[N+](C)(C)C)o2)C(C)C)c(=O)n1-c1cccc(C(F)(F)F)c1.c1ccccc1. The summed E-state index contributed by atoms with van der Waals surface area (Å²) in [4.78, 5) is 32.8. The number of amides is 1. The Hall–Kier alpha value is -6.20. The first-order chi connectivity index (χ1) is 25.1. The molecule has 0 spiro atoms. The molecule has 0 unspecified atom stereocenters. The minimum atomic E-state index is -4.66. The van der Waals surface area contributed by atoms with Crippen LogP contribution in [0.2, 0.25) is 0 Å². The Morgan fingerprint density at radius 2 is 1.60 bits per heavy atom. The number of benzene rings is 3. The molecule has 3 aromatic carbocycles. The van der Waals surface area contributed by atoms with E-state index in [1.165, 1.54) is 23.0 Å². The Balaban J connectivity index is 0.000000820.